The molecule has 0 unspecified atom stereocenters. The lowest BCUT2D eigenvalue weighted by Crippen LogP contribution is -1.94. The molecule has 0 aliphatic rings. The first-order valence-corrected chi connectivity index (χ1v) is 1.65. The minimum absolute atomic E-state index is 1.19. The third-order valence-electron chi connectivity index (χ3n) is 0.0556. The first-order chi connectivity index (χ1) is 1.91. The van der Waals surface area contributed by atoms with Crippen LogP contribution in [0, 0.1) is 0 Å². The second-order valence-corrected chi connectivity index (χ2v) is 0.697. The molecule has 0 aliphatic carbocycles. The van der Waals surface area contributed by atoms with Crippen molar-refractivity contribution in [1.82, 2.24) is 0 Å². The van der Waals surface area contributed by atoms with E-state index in [0.29, 0.717) is 0 Å². The normalized spacial score (nSPS) is 5.25. The largest absolute Gasteiger partial charge is 0.506 e. The van der Waals surface area contributed by atoms with Crippen molar-refractivity contribution in [2.75, 3.05) is 0 Å². The molecule has 0 saturated carbocycles. The molecule has 0 spiro atoms. The molecule has 0 atom stereocenters. The quantitative estimate of drug-likeness (QED) is 0.308. The summed E-state index contributed by atoms with van der Waals surface area (Å²) in [6.45, 7) is 0. The Hall–Kier alpha value is -0.223. The van der Waals surface area contributed by atoms with Gasteiger partial charge in [0.25, 0.3) is 0 Å². The zero-order valence-corrected chi connectivity index (χ0v) is 3.13. The fourth-order valence-electron chi connectivity index (χ4n) is 0. The Morgan fingerprint density at radius 3 is 2.25 bits per heavy atom. The molecule has 0 rings (SSSR count). The average Bonchev–Trinajstić information content (AvgIpc) is 1.37. The highest BCUT2D eigenvalue weighted by atomic mass is 28.2. The van der Waals surface area contributed by atoms with Gasteiger partial charge in [-0.15, -0.1) is 0 Å². The van der Waals surface area contributed by atoms with Crippen LogP contribution < -0.4 is 5.90 Å². The van der Waals surface area contributed by atoms with Crippen LogP contribution in [-0.2, 0) is 8.99 Å². The molecular weight excluding hydrogens is 74.1 g/mol. The van der Waals surface area contributed by atoms with Crippen molar-refractivity contribution in [1.29, 1.82) is 0 Å². The Morgan fingerprint density at radius 1 is 2.00 bits per heavy atom. The maximum Gasteiger partial charge on any atom is 0.506 e. The zero-order chi connectivity index (χ0) is 3.41. The van der Waals surface area contributed by atoms with E-state index >= 15 is 0 Å². The van der Waals surface area contributed by atoms with Gasteiger partial charge in [-0.05, 0) is 0 Å². The van der Waals surface area contributed by atoms with Crippen LogP contribution in [-0.4, -0.2) is 9.65 Å². The van der Waals surface area contributed by atoms with Crippen LogP contribution in [0.25, 0.3) is 0 Å². The van der Waals surface area contributed by atoms with E-state index < -0.39 is 9.65 Å². The molecule has 0 heterocycles. The first kappa shape index (κ1) is 3.78. The van der Waals surface area contributed by atoms with Crippen LogP contribution in [0.4, 0.5) is 0 Å². The summed E-state index contributed by atoms with van der Waals surface area (Å²) in [5.74, 6) is 4.25. The molecule has 0 aromatic carbocycles. The second kappa shape index (κ2) is 2.78. The predicted molar refractivity (Wildman–Crippen MR) is 13.1 cm³/mol. The van der Waals surface area contributed by atoms with Gasteiger partial charge in [0.1, 0.15) is 0 Å². The molecule has 0 aliphatic heterocycles. The number of nitrogens with two attached hydrogens (primary N) is 1. The lowest BCUT2D eigenvalue weighted by atomic mass is 13.6. The second-order valence-electron chi connectivity index (χ2n) is 0.232. The van der Waals surface area contributed by atoms with E-state index in [9.17, 15) is 0 Å². The molecule has 2 N–H and O–H groups in total. The highest BCUT2D eigenvalue weighted by Crippen LogP contribution is 1.21. The van der Waals surface area contributed by atoms with Gasteiger partial charge >= 0.3 is 9.65 Å². The smallest absolute Gasteiger partial charge is 0.437 e. The molecule has 0 fully saturated rings. The highest BCUT2D eigenvalue weighted by Gasteiger charge is 1.51. The number of rotatable bonds is 1. The fourth-order valence-corrected chi connectivity index (χ4v) is 0. The van der Waals surface area contributed by atoms with Gasteiger partial charge in [0.05, 0.1) is 0 Å². The minimum atomic E-state index is -1.19. The third kappa shape index (κ3) is 1.78. The molecule has 4 heavy (non-hydrogen) atoms. The summed E-state index contributed by atoms with van der Waals surface area (Å²) >= 11 is 0. The average molecular weight is 77.1 g/mol. The van der Waals surface area contributed by atoms with Gasteiger partial charge in [-0.25, -0.2) is 0 Å². The van der Waals surface area contributed by atoms with Crippen molar-refractivity contribution in [3.8, 4) is 0 Å². The number of hydrogen-bond acceptors (Lipinski definition) is 3. The van der Waals surface area contributed by atoms with E-state index in [1.54, 1.807) is 0 Å². The SMILES string of the molecule is NO[SiH]=O. The minimum Gasteiger partial charge on any atom is -0.437 e. The summed E-state index contributed by atoms with van der Waals surface area (Å²) in [6, 6.07) is 0. The Morgan fingerprint density at radius 2 is 2.25 bits per heavy atom. The van der Waals surface area contributed by atoms with Gasteiger partial charge in [-0.3, -0.25) is 0 Å². The van der Waals surface area contributed by atoms with Gasteiger partial charge in [0, 0.05) is 0 Å². The molecule has 0 radical (unpaired) electrons. The maximum absolute atomic E-state index is 9.03. The molecule has 4 heteroatoms. The van der Waals surface area contributed by atoms with E-state index in [2.05, 4.69) is 10.4 Å². The Bertz CT molecular complexity index is 20.0. The van der Waals surface area contributed by atoms with Crippen LogP contribution in [0.5, 0.6) is 0 Å². The van der Waals surface area contributed by atoms with E-state index in [1.807, 2.05) is 0 Å². The topological polar surface area (TPSA) is 52.3 Å². The van der Waals surface area contributed by atoms with Crippen LogP contribution in [0.2, 0.25) is 0 Å². The standard InChI is InChI=1S/H3NO2Si/c1-3-4-2/h4H,1H2. The van der Waals surface area contributed by atoms with E-state index in [-0.39, 0.29) is 0 Å². The van der Waals surface area contributed by atoms with Crippen LogP contribution in [0.15, 0.2) is 0 Å². The molecule has 0 aromatic rings. The van der Waals surface area contributed by atoms with Crippen LogP contribution >= 0.6 is 0 Å². The lowest BCUT2D eigenvalue weighted by molar-refractivity contribution is 0.323. The van der Waals surface area contributed by atoms with Gasteiger partial charge in [0.15, 0.2) is 0 Å². The lowest BCUT2D eigenvalue weighted by Gasteiger charge is -1.67. The zero-order valence-electron chi connectivity index (χ0n) is 1.97. The summed E-state index contributed by atoms with van der Waals surface area (Å²) < 4.78 is 12.6. The van der Waals surface area contributed by atoms with Gasteiger partial charge in [-0.2, -0.15) is 5.90 Å². The van der Waals surface area contributed by atoms with Crippen LogP contribution in [0.3, 0.4) is 0 Å². The summed E-state index contributed by atoms with van der Waals surface area (Å²) in [5.41, 5.74) is 0. The van der Waals surface area contributed by atoms with Gasteiger partial charge in [0.2, 0.25) is 0 Å². The molecule has 0 saturated heterocycles. The monoisotopic (exact) mass is 77.0 g/mol. The van der Waals surface area contributed by atoms with Gasteiger partial charge in [-0.1, -0.05) is 0 Å². The molecule has 0 bridgehead atoms. The Kier molecular flexibility index (Phi) is 2.62. The van der Waals surface area contributed by atoms with E-state index in [1.165, 1.54) is 0 Å². The summed E-state index contributed by atoms with van der Waals surface area (Å²) in [7, 11) is -1.19. The van der Waals surface area contributed by atoms with Crippen molar-refractivity contribution < 1.29 is 8.99 Å². The predicted octanol–water partition coefficient (Wildman–Crippen LogP) is -1.43. The molecule has 24 valence electrons. The molecule has 3 nitrogen and oxygen atoms in total. The summed E-state index contributed by atoms with van der Waals surface area (Å²) in [4.78, 5) is 0. The van der Waals surface area contributed by atoms with Gasteiger partial charge < -0.3 is 8.99 Å². The van der Waals surface area contributed by atoms with Crippen molar-refractivity contribution in [3.05, 3.63) is 0 Å². The highest BCUT2D eigenvalue weighted by molar-refractivity contribution is 6.06. The fraction of sp³-hybridized carbons (Fsp3) is 0. The Balaban J connectivity index is 2.30. The van der Waals surface area contributed by atoms with Crippen LogP contribution in [0.1, 0.15) is 0 Å². The van der Waals surface area contributed by atoms with Crippen molar-refractivity contribution in [2.45, 2.75) is 0 Å². The summed E-state index contributed by atoms with van der Waals surface area (Å²) in [5, 5.41) is 0. The van der Waals surface area contributed by atoms with Crippen molar-refractivity contribution >= 4 is 9.65 Å². The van der Waals surface area contributed by atoms with Crippen molar-refractivity contribution in [3.63, 3.8) is 0 Å². The summed E-state index contributed by atoms with van der Waals surface area (Å²) in [6.07, 6.45) is 0. The first-order valence-electron chi connectivity index (χ1n) is 0.707. The van der Waals surface area contributed by atoms with Crippen molar-refractivity contribution in [2.24, 2.45) is 5.90 Å². The molecular formula is H3NO2Si. The number of hydrogen-bond donors (Lipinski definition) is 1. The van der Waals surface area contributed by atoms with E-state index in [4.69, 9.17) is 4.46 Å². The Labute approximate surface area is 25.7 Å². The maximum atomic E-state index is 9.03. The molecule has 0 aromatic heterocycles. The molecule has 0 amide bonds. The third-order valence-corrected chi connectivity index (χ3v) is 0.167. The van der Waals surface area contributed by atoms with E-state index in [0.717, 1.165) is 0 Å².